The molecule has 0 saturated carbocycles. The maximum Gasteiger partial charge on any atom is 0.222 e. The first-order valence-electron chi connectivity index (χ1n) is 9.83. The van der Waals surface area contributed by atoms with Crippen molar-refractivity contribution in [3.63, 3.8) is 0 Å². The molecule has 1 saturated heterocycles. The number of carbonyl (C=O) groups is 1. The Morgan fingerprint density at radius 1 is 1.18 bits per heavy atom. The lowest BCUT2D eigenvalue weighted by Crippen LogP contribution is -2.37. The van der Waals surface area contributed by atoms with E-state index in [0.29, 0.717) is 32.1 Å². The lowest BCUT2D eigenvalue weighted by molar-refractivity contribution is -0.128. The van der Waals surface area contributed by atoms with Crippen molar-refractivity contribution < 1.29 is 9.53 Å². The van der Waals surface area contributed by atoms with Gasteiger partial charge in [0.05, 0.1) is 19.2 Å². The summed E-state index contributed by atoms with van der Waals surface area (Å²) in [7, 11) is 0. The summed E-state index contributed by atoms with van der Waals surface area (Å²) in [5, 5.41) is 3.31. The van der Waals surface area contributed by atoms with Crippen LogP contribution in [0.1, 0.15) is 42.0 Å². The standard InChI is InChI=1S/C22H26N4O2/c23-22(25-19-11-13-28-20-5-2-1-4-18(19)20)24-14-16-7-9-17(10-8-16)15-26-12-3-6-21(26)27/h1-2,4-5,7-10,19H,3,6,11-15H2,(H3,23,24,25). The molecule has 146 valence electrons. The lowest BCUT2D eigenvalue weighted by atomic mass is 10.0. The molecule has 0 radical (unpaired) electrons. The largest absolute Gasteiger partial charge is 0.493 e. The maximum absolute atomic E-state index is 11.7. The molecule has 2 aliphatic rings. The molecule has 1 amide bonds. The van der Waals surface area contributed by atoms with Crippen molar-refractivity contribution in [2.45, 2.75) is 38.4 Å². The van der Waals surface area contributed by atoms with Gasteiger partial charge in [-0.15, -0.1) is 0 Å². The van der Waals surface area contributed by atoms with Gasteiger partial charge in [-0.1, -0.05) is 42.5 Å². The average molecular weight is 378 g/mol. The van der Waals surface area contributed by atoms with Crippen LogP contribution >= 0.6 is 0 Å². The van der Waals surface area contributed by atoms with Crippen LogP contribution in [-0.4, -0.2) is 29.9 Å². The minimum atomic E-state index is 0.120. The van der Waals surface area contributed by atoms with Gasteiger partial charge in [0, 0.05) is 31.5 Å². The van der Waals surface area contributed by atoms with Crippen molar-refractivity contribution >= 4 is 11.9 Å². The third-order valence-corrected chi connectivity index (χ3v) is 5.28. The highest BCUT2D eigenvalue weighted by atomic mass is 16.5. The average Bonchev–Trinajstić information content (AvgIpc) is 3.12. The van der Waals surface area contributed by atoms with E-state index in [0.717, 1.165) is 41.8 Å². The summed E-state index contributed by atoms with van der Waals surface area (Å²) in [6.45, 7) is 2.74. The molecule has 6 heteroatoms. The number of likely N-dealkylation sites (tertiary alicyclic amines) is 1. The van der Waals surface area contributed by atoms with Crippen molar-refractivity contribution in [1.82, 2.24) is 10.2 Å². The quantitative estimate of drug-likeness (QED) is 0.619. The van der Waals surface area contributed by atoms with Gasteiger partial charge < -0.3 is 20.7 Å². The van der Waals surface area contributed by atoms with E-state index in [4.69, 9.17) is 10.5 Å². The van der Waals surface area contributed by atoms with E-state index in [2.05, 4.69) is 40.6 Å². The summed E-state index contributed by atoms with van der Waals surface area (Å²) in [5.41, 5.74) is 9.47. The number of nitrogens with two attached hydrogens (primary N) is 1. The van der Waals surface area contributed by atoms with E-state index < -0.39 is 0 Å². The number of nitrogens with one attached hydrogen (secondary N) is 1. The number of guanidine groups is 1. The number of nitrogens with zero attached hydrogens (tertiary/aromatic N) is 2. The predicted octanol–water partition coefficient (Wildman–Crippen LogP) is 2.74. The Balaban J connectivity index is 1.33. The number of hydrogen-bond donors (Lipinski definition) is 2. The minimum Gasteiger partial charge on any atom is -0.493 e. The molecule has 0 bridgehead atoms. The summed E-state index contributed by atoms with van der Waals surface area (Å²) in [5.74, 6) is 1.60. The lowest BCUT2D eigenvalue weighted by Gasteiger charge is -2.26. The Hall–Kier alpha value is -3.02. The van der Waals surface area contributed by atoms with Crippen molar-refractivity contribution in [1.29, 1.82) is 0 Å². The molecule has 3 N–H and O–H groups in total. The van der Waals surface area contributed by atoms with Gasteiger partial charge in [-0.3, -0.25) is 4.79 Å². The van der Waals surface area contributed by atoms with Crippen LogP contribution in [0.3, 0.4) is 0 Å². The van der Waals surface area contributed by atoms with E-state index in [1.165, 1.54) is 0 Å². The molecule has 1 fully saturated rings. The molecule has 1 unspecified atom stereocenters. The summed E-state index contributed by atoms with van der Waals surface area (Å²) in [4.78, 5) is 18.1. The number of rotatable bonds is 5. The van der Waals surface area contributed by atoms with Crippen molar-refractivity contribution in [3.05, 3.63) is 65.2 Å². The number of benzene rings is 2. The first-order chi connectivity index (χ1) is 13.7. The molecule has 0 aliphatic carbocycles. The summed E-state index contributed by atoms with van der Waals surface area (Å²) in [6.07, 6.45) is 2.50. The second kappa shape index (κ2) is 8.33. The molecular formula is C22H26N4O2. The molecule has 28 heavy (non-hydrogen) atoms. The third kappa shape index (κ3) is 4.27. The van der Waals surface area contributed by atoms with Crippen LogP contribution in [0.15, 0.2) is 53.5 Å². The van der Waals surface area contributed by atoms with E-state index in [1.807, 2.05) is 23.1 Å². The molecule has 4 rings (SSSR count). The van der Waals surface area contributed by atoms with Crippen molar-refractivity contribution in [3.8, 4) is 5.75 Å². The summed E-state index contributed by atoms with van der Waals surface area (Å²) in [6, 6.07) is 16.4. The fraction of sp³-hybridized carbons (Fsp3) is 0.364. The van der Waals surface area contributed by atoms with Crippen LogP contribution in [0.4, 0.5) is 0 Å². The van der Waals surface area contributed by atoms with Gasteiger partial charge in [0.25, 0.3) is 0 Å². The third-order valence-electron chi connectivity index (χ3n) is 5.28. The first-order valence-corrected chi connectivity index (χ1v) is 9.83. The Morgan fingerprint density at radius 3 is 2.75 bits per heavy atom. The highest BCUT2D eigenvalue weighted by Gasteiger charge is 2.21. The Morgan fingerprint density at radius 2 is 1.96 bits per heavy atom. The molecular weight excluding hydrogens is 352 g/mol. The smallest absolute Gasteiger partial charge is 0.222 e. The fourth-order valence-electron chi connectivity index (χ4n) is 3.73. The fourth-order valence-corrected chi connectivity index (χ4v) is 3.73. The zero-order chi connectivity index (χ0) is 19.3. The molecule has 2 heterocycles. The van der Waals surface area contributed by atoms with E-state index in [1.54, 1.807) is 0 Å². The molecule has 2 aromatic carbocycles. The van der Waals surface area contributed by atoms with Crippen LogP contribution in [0, 0.1) is 0 Å². The van der Waals surface area contributed by atoms with Crippen LogP contribution in [0.25, 0.3) is 0 Å². The van der Waals surface area contributed by atoms with E-state index in [-0.39, 0.29) is 11.9 Å². The van der Waals surface area contributed by atoms with Gasteiger partial charge in [0.2, 0.25) is 5.91 Å². The van der Waals surface area contributed by atoms with Gasteiger partial charge in [-0.2, -0.15) is 0 Å². The monoisotopic (exact) mass is 378 g/mol. The van der Waals surface area contributed by atoms with Gasteiger partial charge >= 0.3 is 0 Å². The van der Waals surface area contributed by atoms with Crippen molar-refractivity contribution in [2.75, 3.05) is 13.2 Å². The van der Waals surface area contributed by atoms with Gasteiger partial charge in [0.15, 0.2) is 5.96 Å². The number of para-hydroxylation sites is 1. The molecule has 1 atom stereocenters. The molecule has 0 aromatic heterocycles. The van der Waals surface area contributed by atoms with Crippen LogP contribution in [0.2, 0.25) is 0 Å². The number of amides is 1. The second-order valence-corrected chi connectivity index (χ2v) is 7.31. The Bertz CT molecular complexity index is 863. The van der Waals surface area contributed by atoms with Gasteiger partial charge in [0.1, 0.15) is 5.75 Å². The first kappa shape index (κ1) is 18.3. The van der Waals surface area contributed by atoms with E-state index in [9.17, 15) is 4.79 Å². The minimum absolute atomic E-state index is 0.120. The Labute approximate surface area is 165 Å². The summed E-state index contributed by atoms with van der Waals surface area (Å²) < 4.78 is 5.68. The van der Waals surface area contributed by atoms with E-state index >= 15 is 0 Å². The normalized spacial score (nSPS) is 19.3. The topological polar surface area (TPSA) is 80.0 Å². The van der Waals surface area contributed by atoms with Crippen LogP contribution in [-0.2, 0) is 17.9 Å². The van der Waals surface area contributed by atoms with Gasteiger partial charge in [-0.05, 0) is 23.6 Å². The number of aliphatic imine (C=N–C) groups is 1. The number of ether oxygens (including phenoxy) is 1. The predicted molar refractivity (Wildman–Crippen MR) is 109 cm³/mol. The summed E-state index contributed by atoms with van der Waals surface area (Å²) >= 11 is 0. The van der Waals surface area contributed by atoms with Crippen LogP contribution < -0.4 is 15.8 Å². The highest BCUT2D eigenvalue weighted by Crippen LogP contribution is 2.31. The Kier molecular flexibility index (Phi) is 5.46. The number of fused-ring (bicyclic) bond motifs is 1. The molecule has 6 nitrogen and oxygen atoms in total. The zero-order valence-electron chi connectivity index (χ0n) is 15.9. The second-order valence-electron chi connectivity index (χ2n) is 7.31. The highest BCUT2D eigenvalue weighted by molar-refractivity contribution is 5.78. The number of hydrogen-bond acceptors (Lipinski definition) is 3. The SMILES string of the molecule is NC(=NCc1ccc(CN2CCCC2=O)cc1)NC1CCOc2ccccc21. The molecule has 2 aliphatic heterocycles. The zero-order valence-corrected chi connectivity index (χ0v) is 15.9. The molecule has 0 spiro atoms. The van der Waals surface area contributed by atoms with Crippen molar-refractivity contribution in [2.24, 2.45) is 10.7 Å². The molecule has 2 aromatic rings. The van der Waals surface area contributed by atoms with Crippen LogP contribution in [0.5, 0.6) is 5.75 Å². The number of carbonyl (C=O) groups excluding carboxylic acids is 1. The maximum atomic E-state index is 11.7. The van der Waals surface area contributed by atoms with Gasteiger partial charge in [-0.25, -0.2) is 4.99 Å².